The predicted octanol–water partition coefficient (Wildman–Crippen LogP) is 9.01. The molecule has 0 heterocycles. The molecule has 2 aliphatic carbocycles. The molecule has 0 spiro atoms. The molecule has 0 amide bonds. The molecule has 0 bridgehead atoms. The van der Waals surface area contributed by atoms with Crippen LogP contribution in [-0.2, 0) is 12.8 Å². The average Bonchev–Trinajstić information content (AvgIpc) is 2.78. The molecule has 1 saturated carbocycles. The number of aryl methyl sites for hydroxylation is 1. The van der Waals surface area contributed by atoms with E-state index in [1.165, 1.54) is 63.5 Å². The first kappa shape index (κ1) is 23.4. The SMILES string of the molecule is CCCCCCCC1CCC(c2cc(F)c(C3CCc4ccc(F)cc4C3)c(F)c2)CC1. The van der Waals surface area contributed by atoms with Crippen LogP contribution in [0, 0.1) is 23.4 Å². The van der Waals surface area contributed by atoms with Crippen LogP contribution in [0.5, 0.6) is 0 Å². The normalized spacial score (nSPS) is 23.2. The molecule has 4 rings (SSSR count). The lowest BCUT2D eigenvalue weighted by molar-refractivity contribution is 0.301. The fraction of sp³-hybridized carbons (Fsp3) is 0.586. The first-order chi connectivity index (χ1) is 15.5. The van der Waals surface area contributed by atoms with Crippen molar-refractivity contribution in [2.75, 3.05) is 0 Å². The average molecular weight is 443 g/mol. The minimum atomic E-state index is -0.414. The quantitative estimate of drug-likeness (QED) is 0.358. The van der Waals surface area contributed by atoms with E-state index in [9.17, 15) is 4.39 Å². The molecular weight excluding hydrogens is 405 g/mol. The Hall–Kier alpha value is -1.77. The molecule has 0 aliphatic heterocycles. The lowest BCUT2D eigenvalue weighted by Gasteiger charge is -2.30. The molecule has 0 saturated heterocycles. The summed E-state index contributed by atoms with van der Waals surface area (Å²) >= 11 is 0. The molecular formula is C29H37F3. The van der Waals surface area contributed by atoms with Crippen molar-refractivity contribution >= 4 is 0 Å². The zero-order chi connectivity index (χ0) is 22.5. The Morgan fingerprint density at radius 2 is 1.47 bits per heavy atom. The monoisotopic (exact) mass is 442 g/mol. The van der Waals surface area contributed by atoms with Crippen molar-refractivity contribution in [2.24, 2.45) is 5.92 Å². The van der Waals surface area contributed by atoms with Crippen molar-refractivity contribution in [1.29, 1.82) is 0 Å². The molecule has 0 radical (unpaired) electrons. The number of benzene rings is 2. The Kier molecular flexibility index (Phi) is 7.97. The summed E-state index contributed by atoms with van der Waals surface area (Å²) in [5.74, 6) is -0.278. The minimum absolute atomic E-state index is 0.199. The van der Waals surface area contributed by atoms with Crippen LogP contribution < -0.4 is 0 Å². The fourth-order valence-corrected chi connectivity index (χ4v) is 6.02. The number of hydrogen-bond donors (Lipinski definition) is 0. The molecule has 1 atom stereocenters. The van der Waals surface area contributed by atoms with Gasteiger partial charge >= 0.3 is 0 Å². The smallest absolute Gasteiger partial charge is 0.129 e. The molecule has 2 aromatic carbocycles. The number of fused-ring (bicyclic) bond motifs is 1. The Morgan fingerprint density at radius 3 is 2.19 bits per heavy atom. The fourth-order valence-electron chi connectivity index (χ4n) is 6.02. The summed E-state index contributed by atoms with van der Waals surface area (Å²) in [7, 11) is 0. The number of hydrogen-bond acceptors (Lipinski definition) is 0. The van der Waals surface area contributed by atoms with Gasteiger partial charge in [-0.15, -0.1) is 0 Å². The third-order valence-corrected chi connectivity index (χ3v) is 7.94. The van der Waals surface area contributed by atoms with Crippen molar-refractivity contribution < 1.29 is 13.2 Å². The maximum atomic E-state index is 15.1. The third kappa shape index (κ3) is 5.58. The molecule has 174 valence electrons. The van der Waals surface area contributed by atoms with E-state index in [1.54, 1.807) is 18.2 Å². The van der Waals surface area contributed by atoms with Crippen LogP contribution in [0.25, 0.3) is 0 Å². The van der Waals surface area contributed by atoms with Gasteiger partial charge in [0.15, 0.2) is 0 Å². The summed E-state index contributed by atoms with van der Waals surface area (Å²) in [6, 6.07) is 7.98. The summed E-state index contributed by atoms with van der Waals surface area (Å²) in [5.41, 5.74) is 3.01. The molecule has 1 unspecified atom stereocenters. The van der Waals surface area contributed by atoms with Gasteiger partial charge in [-0.3, -0.25) is 0 Å². The van der Waals surface area contributed by atoms with Crippen molar-refractivity contribution in [3.63, 3.8) is 0 Å². The van der Waals surface area contributed by atoms with Crippen LogP contribution in [0.15, 0.2) is 30.3 Å². The highest BCUT2D eigenvalue weighted by atomic mass is 19.1. The Morgan fingerprint density at radius 1 is 0.750 bits per heavy atom. The van der Waals surface area contributed by atoms with Crippen LogP contribution >= 0.6 is 0 Å². The van der Waals surface area contributed by atoms with Gasteiger partial charge in [0.1, 0.15) is 17.5 Å². The summed E-state index contributed by atoms with van der Waals surface area (Å²) in [6.45, 7) is 2.24. The van der Waals surface area contributed by atoms with Gasteiger partial charge in [-0.05, 0) is 104 Å². The third-order valence-electron chi connectivity index (χ3n) is 7.94. The minimum Gasteiger partial charge on any atom is -0.207 e. The van der Waals surface area contributed by atoms with E-state index in [2.05, 4.69) is 6.92 Å². The number of unbranched alkanes of at least 4 members (excludes halogenated alkanes) is 4. The van der Waals surface area contributed by atoms with Gasteiger partial charge in [-0.2, -0.15) is 0 Å². The summed E-state index contributed by atoms with van der Waals surface area (Å²) in [6.07, 6.45) is 14.3. The zero-order valence-electron chi connectivity index (χ0n) is 19.4. The number of rotatable bonds is 8. The van der Waals surface area contributed by atoms with Gasteiger partial charge in [-0.25, -0.2) is 13.2 Å². The molecule has 3 heteroatoms. The molecule has 2 aromatic rings. The second kappa shape index (κ2) is 10.9. The standard InChI is InChI=1S/C29H37F3/c1-2-3-4-5-6-7-20-8-10-21(11-9-20)25-18-27(31)29(28(32)19-25)23-13-12-22-14-15-26(30)17-24(22)16-23/h14-15,17-21,23H,2-13,16H2,1H3. The first-order valence-electron chi connectivity index (χ1n) is 12.8. The lowest BCUT2D eigenvalue weighted by atomic mass is 9.75. The van der Waals surface area contributed by atoms with Crippen LogP contribution in [0.2, 0.25) is 0 Å². The zero-order valence-corrected chi connectivity index (χ0v) is 19.4. The second-order valence-electron chi connectivity index (χ2n) is 10.2. The van der Waals surface area contributed by atoms with Gasteiger partial charge in [0, 0.05) is 5.56 Å². The van der Waals surface area contributed by atoms with Gasteiger partial charge in [0.25, 0.3) is 0 Å². The molecule has 0 nitrogen and oxygen atoms in total. The maximum Gasteiger partial charge on any atom is 0.129 e. The van der Waals surface area contributed by atoms with Crippen molar-refractivity contribution in [2.45, 2.75) is 102 Å². The molecule has 0 N–H and O–H groups in total. The van der Waals surface area contributed by atoms with E-state index in [4.69, 9.17) is 0 Å². The van der Waals surface area contributed by atoms with E-state index in [0.717, 1.165) is 41.9 Å². The summed E-state index contributed by atoms with van der Waals surface area (Å²) in [5, 5.41) is 0. The van der Waals surface area contributed by atoms with E-state index >= 15 is 8.78 Å². The highest BCUT2D eigenvalue weighted by molar-refractivity contribution is 5.37. The highest BCUT2D eigenvalue weighted by Crippen LogP contribution is 2.41. The summed E-state index contributed by atoms with van der Waals surface area (Å²) in [4.78, 5) is 0. The van der Waals surface area contributed by atoms with Crippen LogP contribution in [0.1, 0.15) is 112 Å². The molecule has 2 aliphatic rings. The Bertz CT molecular complexity index is 872. The van der Waals surface area contributed by atoms with Crippen LogP contribution in [-0.4, -0.2) is 0 Å². The first-order valence-corrected chi connectivity index (χ1v) is 12.8. The van der Waals surface area contributed by atoms with Crippen molar-refractivity contribution in [3.05, 3.63) is 70.0 Å². The van der Waals surface area contributed by atoms with Crippen molar-refractivity contribution in [1.82, 2.24) is 0 Å². The highest BCUT2D eigenvalue weighted by Gasteiger charge is 2.28. The van der Waals surface area contributed by atoms with Gasteiger partial charge in [0.05, 0.1) is 0 Å². The van der Waals surface area contributed by atoms with E-state index < -0.39 is 11.6 Å². The molecule has 32 heavy (non-hydrogen) atoms. The summed E-state index contributed by atoms with van der Waals surface area (Å²) < 4.78 is 43.9. The van der Waals surface area contributed by atoms with Gasteiger partial charge in [0.2, 0.25) is 0 Å². The topological polar surface area (TPSA) is 0 Å². The Labute approximate surface area is 191 Å². The number of halogens is 3. The Balaban J connectivity index is 1.36. The van der Waals surface area contributed by atoms with E-state index in [0.29, 0.717) is 12.8 Å². The second-order valence-corrected chi connectivity index (χ2v) is 10.2. The molecule has 1 fully saturated rings. The van der Waals surface area contributed by atoms with Crippen LogP contribution in [0.3, 0.4) is 0 Å². The van der Waals surface area contributed by atoms with Crippen molar-refractivity contribution in [3.8, 4) is 0 Å². The maximum absolute atomic E-state index is 15.1. The largest absolute Gasteiger partial charge is 0.207 e. The van der Waals surface area contributed by atoms with Crippen LogP contribution in [0.4, 0.5) is 13.2 Å². The molecule has 0 aromatic heterocycles. The van der Waals surface area contributed by atoms with E-state index in [1.807, 2.05) is 0 Å². The van der Waals surface area contributed by atoms with Gasteiger partial charge in [-0.1, -0.05) is 51.5 Å². The van der Waals surface area contributed by atoms with E-state index in [-0.39, 0.29) is 23.2 Å². The predicted molar refractivity (Wildman–Crippen MR) is 126 cm³/mol. The lowest BCUT2D eigenvalue weighted by Crippen LogP contribution is -2.17. The van der Waals surface area contributed by atoms with Gasteiger partial charge < -0.3 is 0 Å².